The van der Waals surface area contributed by atoms with Gasteiger partial charge in [-0.3, -0.25) is 0 Å². The number of hydrogen-bond acceptors (Lipinski definition) is 3. The molecule has 0 spiro atoms. The maximum Gasteiger partial charge on any atom is 0.178 e. The molecular formula is C12H10ClN3OS. The standard InChI is InChI=1S/C12H10ClN3OS/c1-7-5-8(17-15-7)6-16-10-4-2-3-9(13)11(10)14-12(16)18/h2-5H,6H2,1H3,(H,14,18). The second-order valence-electron chi connectivity index (χ2n) is 4.08. The number of fused-ring (bicyclic) bond motifs is 1. The van der Waals surface area contributed by atoms with E-state index in [1.54, 1.807) is 0 Å². The van der Waals surface area contributed by atoms with Crippen LogP contribution in [0.2, 0.25) is 5.02 Å². The molecule has 3 rings (SSSR count). The van der Waals surface area contributed by atoms with Gasteiger partial charge in [-0.2, -0.15) is 0 Å². The SMILES string of the molecule is Cc1cc(Cn2c(=S)[nH]c3c(Cl)cccc32)on1. The smallest absolute Gasteiger partial charge is 0.178 e. The summed E-state index contributed by atoms with van der Waals surface area (Å²) >= 11 is 11.4. The molecular weight excluding hydrogens is 270 g/mol. The van der Waals surface area contributed by atoms with E-state index in [2.05, 4.69) is 10.1 Å². The zero-order valence-corrected chi connectivity index (χ0v) is 11.2. The highest BCUT2D eigenvalue weighted by molar-refractivity contribution is 7.71. The maximum atomic E-state index is 6.12. The Hall–Kier alpha value is -1.59. The van der Waals surface area contributed by atoms with Crippen molar-refractivity contribution in [3.63, 3.8) is 0 Å². The Morgan fingerprint density at radius 3 is 3.06 bits per heavy atom. The van der Waals surface area contributed by atoms with Crippen molar-refractivity contribution >= 4 is 34.9 Å². The third-order valence-corrected chi connectivity index (χ3v) is 3.39. The molecule has 0 aliphatic heterocycles. The van der Waals surface area contributed by atoms with Crippen LogP contribution in [0.15, 0.2) is 28.8 Å². The summed E-state index contributed by atoms with van der Waals surface area (Å²) in [5, 5.41) is 4.52. The first kappa shape index (κ1) is 11.5. The predicted molar refractivity (Wildman–Crippen MR) is 72.5 cm³/mol. The number of H-pyrrole nitrogens is 1. The van der Waals surface area contributed by atoms with Gasteiger partial charge in [-0.1, -0.05) is 22.8 Å². The summed E-state index contributed by atoms with van der Waals surface area (Å²) in [7, 11) is 0. The average molecular weight is 280 g/mol. The molecule has 4 nitrogen and oxygen atoms in total. The highest BCUT2D eigenvalue weighted by atomic mass is 35.5. The van der Waals surface area contributed by atoms with Crippen LogP contribution in [0, 0.1) is 11.7 Å². The molecule has 0 fully saturated rings. The second kappa shape index (κ2) is 4.26. The van der Waals surface area contributed by atoms with Gasteiger partial charge in [0.2, 0.25) is 0 Å². The first-order valence-electron chi connectivity index (χ1n) is 5.44. The Labute approximate surface area is 113 Å². The summed E-state index contributed by atoms with van der Waals surface area (Å²) < 4.78 is 7.77. The summed E-state index contributed by atoms with van der Waals surface area (Å²) in [5.41, 5.74) is 2.66. The van der Waals surface area contributed by atoms with Gasteiger partial charge in [0.05, 0.1) is 28.3 Å². The Morgan fingerprint density at radius 2 is 2.33 bits per heavy atom. The van der Waals surface area contributed by atoms with Crippen LogP contribution < -0.4 is 0 Å². The van der Waals surface area contributed by atoms with E-state index < -0.39 is 0 Å². The molecule has 0 atom stereocenters. The minimum atomic E-state index is 0.542. The van der Waals surface area contributed by atoms with Crippen LogP contribution >= 0.6 is 23.8 Å². The van der Waals surface area contributed by atoms with Gasteiger partial charge in [0, 0.05) is 6.07 Å². The van der Waals surface area contributed by atoms with E-state index in [1.807, 2.05) is 35.8 Å². The number of nitrogens with zero attached hydrogens (tertiary/aromatic N) is 2. The minimum Gasteiger partial charge on any atom is -0.359 e. The molecule has 6 heteroatoms. The van der Waals surface area contributed by atoms with Crippen molar-refractivity contribution in [3.05, 3.63) is 45.5 Å². The number of hydrogen-bond donors (Lipinski definition) is 1. The predicted octanol–water partition coefficient (Wildman–Crippen LogP) is 3.70. The largest absolute Gasteiger partial charge is 0.359 e. The lowest BCUT2D eigenvalue weighted by atomic mass is 10.3. The number of para-hydroxylation sites is 1. The molecule has 0 saturated heterocycles. The van der Waals surface area contributed by atoms with Gasteiger partial charge < -0.3 is 14.1 Å². The fraction of sp³-hybridized carbons (Fsp3) is 0.167. The van der Waals surface area contributed by atoms with E-state index in [0.29, 0.717) is 16.3 Å². The Kier molecular flexibility index (Phi) is 2.72. The molecule has 0 aliphatic carbocycles. The number of benzene rings is 1. The van der Waals surface area contributed by atoms with Gasteiger partial charge >= 0.3 is 0 Å². The van der Waals surface area contributed by atoms with Gasteiger partial charge in [0.25, 0.3) is 0 Å². The quantitative estimate of drug-likeness (QED) is 0.728. The molecule has 1 N–H and O–H groups in total. The van der Waals surface area contributed by atoms with Gasteiger partial charge in [-0.25, -0.2) is 0 Å². The summed E-state index contributed by atoms with van der Waals surface area (Å²) in [6, 6.07) is 7.59. The number of aromatic nitrogens is 3. The fourth-order valence-electron chi connectivity index (χ4n) is 1.95. The van der Waals surface area contributed by atoms with E-state index in [4.69, 9.17) is 28.3 Å². The lowest BCUT2D eigenvalue weighted by molar-refractivity contribution is 0.373. The van der Waals surface area contributed by atoms with Crippen LogP contribution in [0.4, 0.5) is 0 Å². The van der Waals surface area contributed by atoms with Crippen LogP contribution in [0.3, 0.4) is 0 Å². The van der Waals surface area contributed by atoms with Crippen LogP contribution in [0.5, 0.6) is 0 Å². The molecule has 0 saturated carbocycles. The van der Waals surface area contributed by atoms with Crippen LogP contribution in [0.25, 0.3) is 11.0 Å². The van der Waals surface area contributed by atoms with Crippen LogP contribution in [0.1, 0.15) is 11.5 Å². The molecule has 0 radical (unpaired) electrons. The number of aryl methyl sites for hydroxylation is 1. The van der Waals surface area contributed by atoms with E-state index in [-0.39, 0.29) is 0 Å². The number of halogens is 1. The third-order valence-electron chi connectivity index (χ3n) is 2.75. The molecule has 2 heterocycles. The molecule has 0 unspecified atom stereocenters. The summed E-state index contributed by atoms with van der Waals surface area (Å²) in [6.07, 6.45) is 0. The van der Waals surface area contributed by atoms with Gasteiger partial charge in [0.1, 0.15) is 0 Å². The maximum absolute atomic E-state index is 6.12. The lowest BCUT2D eigenvalue weighted by Gasteiger charge is -2.00. The molecule has 92 valence electrons. The molecule has 0 aliphatic rings. The number of imidazole rings is 1. The highest BCUT2D eigenvalue weighted by Crippen LogP contribution is 2.23. The monoisotopic (exact) mass is 279 g/mol. The average Bonchev–Trinajstić information content (AvgIpc) is 2.87. The van der Waals surface area contributed by atoms with Crippen molar-refractivity contribution in [2.45, 2.75) is 13.5 Å². The Balaban J connectivity index is 2.14. The molecule has 2 aromatic heterocycles. The number of nitrogens with one attached hydrogen (secondary N) is 1. The molecule has 1 aromatic carbocycles. The lowest BCUT2D eigenvalue weighted by Crippen LogP contribution is -1.98. The summed E-state index contributed by atoms with van der Waals surface area (Å²) in [4.78, 5) is 3.11. The van der Waals surface area contributed by atoms with Crippen molar-refractivity contribution in [2.24, 2.45) is 0 Å². The zero-order chi connectivity index (χ0) is 12.7. The fourth-order valence-corrected chi connectivity index (χ4v) is 2.43. The second-order valence-corrected chi connectivity index (χ2v) is 4.88. The van der Waals surface area contributed by atoms with Crippen molar-refractivity contribution in [2.75, 3.05) is 0 Å². The van der Waals surface area contributed by atoms with E-state index >= 15 is 0 Å². The normalized spacial score (nSPS) is 11.2. The van der Waals surface area contributed by atoms with Gasteiger partial charge in [0.15, 0.2) is 10.5 Å². The zero-order valence-electron chi connectivity index (χ0n) is 9.61. The van der Waals surface area contributed by atoms with Crippen molar-refractivity contribution in [1.82, 2.24) is 14.7 Å². The third kappa shape index (κ3) is 1.85. The van der Waals surface area contributed by atoms with Crippen LogP contribution in [-0.2, 0) is 6.54 Å². The van der Waals surface area contributed by atoms with E-state index in [9.17, 15) is 0 Å². The van der Waals surface area contributed by atoms with Crippen molar-refractivity contribution in [3.8, 4) is 0 Å². The van der Waals surface area contributed by atoms with Gasteiger partial charge in [-0.15, -0.1) is 0 Å². The first-order chi connectivity index (χ1) is 8.65. The van der Waals surface area contributed by atoms with Crippen molar-refractivity contribution in [1.29, 1.82) is 0 Å². The Morgan fingerprint density at radius 1 is 1.50 bits per heavy atom. The van der Waals surface area contributed by atoms with E-state index in [1.165, 1.54) is 0 Å². The number of aromatic amines is 1. The topological polar surface area (TPSA) is 46.8 Å². The number of rotatable bonds is 2. The van der Waals surface area contributed by atoms with Crippen LogP contribution in [-0.4, -0.2) is 14.7 Å². The molecule has 3 aromatic rings. The Bertz CT molecular complexity index is 771. The first-order valence-corrected chi connectivity index (χ1v) is 6.23. The highest BCUT2D eigenvalue weighted by Gasteiger charge is 2.09. The van der Waals surface area contributed by atoms with Crippen molar-refractivity contribution < 1.29 is 4.52 Å². The van der Waals surface area contributed by atoms with Gasteiger partial charge in [-0.05, 0) is 31.3 Å². The molecule has 0 amide bonds. The molecule has 18 heavy (non-hydrogen) atoms. The minimum absolute atomic E-state index is 0.542. The molecule has 0 bridgehead atoms. The summed E-state index contributed by atoms with van der Waals surface area (Å²) in [5.74, 6) is 0.768. The summed E-state index contributed by atoms with van der Waals surface area (Å²) in [6.45, 7) is 2.43. The van der Waals surface area contributed by atoms with E-state index in [0.717, 1.165) is 22.5 Å².